The molecule has 4 aromatic rings. The molecular weight excluding hydrogens is 499 g/mol. The summed E-state index contributed by atoms with van der Waals surface area (Å²) in [6.07, 6.45) is 1.49. The van der Waals surface area contributed by atoms with Crippen molar-refractivity contribution in [2.45, 2.75) is 39.5 Å². The van der Waals surface area contributed by atoms with Crippen molar-refractivity contribution < 1.29 is 14.0 Å². The van der Waals surface area contributed by atoms with Crippen molar-refractivity contribution in [2.75, 3.05) is 13.1 Å². The van der Waals surface area contributed by atoms with Gasteiger partial charge in [0.15, 0.2) is 0 Å². The van der Waals surface area contributed by atoms with E-state index in [1.807, 2.05) is 13.8 Å². The summed E-state index contributed by atoms with van der Waals surface area (Å²) in [5, 5.41) is 3.73. The van der Waals surface area contributed by atoms with Gasteiger partial charge in [-0.1, -0.05) is 23.7 Å². The van der Waals surface area contributed by atoms with E-state index in [-0.39, 0.29) is 37.4 Å². The normalized spacial score (nSPS) is 14.6. The Morgan fingerprint density at radius 2 is 1.81 bits per heavy atom. The van der Waals surface area contributed by atoms with Crippen LogP contribution in [0.3, 0.4) is 0 Å². The first kappa shape index (κ1) is 24.8. The maximum absolute atomic E-state index is 14.0. The highest BCUT2D eigenvalue weighted by Crippen LogP contribution is 2.26. The molecular formula is C26H24ClFN6O3. The highest BCUT2D eigenvalue weighted by Gasteiger charge is 2.41. The number of aromatic nitrogens is 4. The van der Waals surface area contributed by atoms with E-state index in [9.17, 15) is 18.8 Å². The number of carbonyl (C=O) groups is 2. The van der Waals surface area contributed by atoms with Gasteiger partial charge in [-0.2, -0.15) is 0 Å². The van der Waals surface area contributed by atoms with Crippen molar-refractivity contribution in [2.24, 2.45) is 0 Å². The SMILES string of the molecule is Cc1nc2cnc3c(cc(C(=O)NCc4ccc(Cl)cc4)c(=O)n3CC(=O)N3CC(C)(F)C3)c2nc1C. The molecule has 1 aliphatic rings. The molecule has 1 saturated heterocycles. The molecule has 2 amide bonds. The molecule has 1 aromatic carbocycles. The van der Waals surface area contributed by atoms with Crippen molar-refractivity contribution in [1.29, 1.82) is 0 Å². The van der Waals surface area contributed by atoms with Gasteiger partial charge < -0.3 is 10.2 Å². The topological polar surface area (TPSA) is 110 Å². The third-order valence-corrected chi connectivity index (χ3v) is 6.71. The predicted molar refractivity (Wildman–Crippen MR) is 137 cm³/mol. The molecule has 3 aromatic heterocycles. The average Bonchev–Trinajstić information content (AvgIpc) is 2.84. The number of nitrogens with zero attached hydrogens (tertiary/aromatic N) is 5. The second-order valence-corrected chi connectivity index (χ2v) is 9.98. The number of alkyl halides is 1. The largest absolute Gasteiger partial charge is 0.348 e. The molecule has 37 heavy (non-hydrogen) atoms. The number of aryl methyl sites for hydroxylation is 2. The third kappa shape index (κ3) is 4.76. The van der Waals surface area contributed by atoms with Crippen LogP contribution in [-0.2, 0) is 17.9 Å². The molecule has 0 bridgehead atoms. The van der Waals surface area contributed by atoms with Gasteiger partial charge in [0.05, 0.1) is 30.7 Å². The Morgan fingerprint density at radius 3 is 2.49 bits per heavy atom. The fraction of sp³-hybridized carbons (Fsp3) is 0.308. The molecule has 1 fully saturated rings. The number of fused-ring (bicyclic) bond motifs is 3. The standard InChI is InChI=1S/C26H24ClFN6O3/c1-14-15(2)32-22-18-8-19(24(36)30-9-16-4-6-17(27)7-5-16)25(37)34(23(18)29-10-20(22)31-14)11-21(35)33-12-26(3,28)13-33/h4-8,10H,9,11-13H2,1-3H3,(H,30,36). The van der Waals surface area contributed by atoms with Crippen LogP contribution >= 0.6 is 11.6 Å². The van der Waals surface area contributed by atoms with Crippen LogP contribution < -0.4 is 10.9 Å². The van der Waals surface area contributed by atoms with E-state index in [2.05, 4.69) is 20.3 Å². The zero-order valence-electron chi connectivity index (χ0n) is 20.5. The molecule has 0 atom stereocenters. The molecule has 1 N–H and O–H groups in total. The summed E-state index contributed by atoms with van der Waals surface area (Å²) in [7, 11) is 0. The van der Waals surface area contributed by atoms with Crippen LogP contribution in [0.15, 0.2) is 41.3 Å². The number of benzene rings is 1. The van der Waals surface area contributed by atoms with E-state index < -0.39 is 23.0 Å². The smallest absolute Gasteiger partial charge is 0.265 e. The minimum Gasteiger partial charge on any atom is -0.348 e. The number of hydrogen-bond acceptors (Lipinski definition) is 6. The number of rotatable bonds is 5. The van der Waals surface area contributed by atoms with Crippen molar-refractivity contribution in [3.05, 3.63) is 74.4 Å². The molecule has 5 rings (SSSR count). The second-order valence-electron chi connectivity index (χ2n) is 9.55. The molecule has 0 saturated carbocycles. The zero-order chi connectivity index (χ0) is 26.5. The lowest BCUT2D eigenvalue weighted by molar-refractivity contribution is -0.144. The fourth-order valence-electron chi connectivity index (χ4n) is 4.35. The zero-order valence-corrected chi connectivity index (χ0v) is 21.3. The van der Waals surface area contributed by atoms with E-state index in [1.54, 1.807) is 24.3 Å². The lowest BCUT2D eigenvalue weighted by Crippen LogP contribution is -2.60. The van der Waals surface area contributed by atoms with Crippen LogP contribution in [0, 0.1) is 13.8 Å². The Morgan fingerprint density at radius 1 is 1.14 bits per heavy atom. The summed E-state index contributed by atoms with van der Waals surface area (Å²) in [6.45, 7) is 4.72. The van der Waals surface area contributed by atoms with E-state index in [0.29, 0.717) is 27.1 Å². The molecule has 4 heterocycles. The first-order valence-electron chi connectivity index (χ1n) is 11.7. The minimum absolute atomic E-state index is 0.0555. The lowest BCUT2D eigenvalue weighted by Gasteiger charge is -2.42. The molecule has 9 nitrogen and oxygen atoms in total. The van der Waals surface area contributed by atoms with Gasteiger partial charge in [-0.15, -0.1) is 0 Å². The molecule has 0 aliphatic carbocycles. The van der Waals surface area contributed by atoms with Gasteiger partial charge >= 0.3 is 0 Å². The summed E-state index contributed by atoms with van der Waals surface area (Å²) in [5.41, 5.74) is 1.06. The summed E-state index contributed by atoms with van der Waals surface area (Å²) < 4.78 is 15.1. The van der Waals surface area contributed by atoms with Crippen LogP contribution in [0.1, 0.15) is 34.2 Å². The number of carbonyl (C=O) groups excluding carboxylic acids is 2. The van der Waals surface area contributed by atoms with Gasteiger partial charge in [-0.3, -0.25) is 19.0 Å². The molecule has 0 radical (unpaired) electrons. The van der Waals surface area contributed by atoms with Crippen molar-refractivity contribution in [3.63, 3.8) is 0 Å². The number of amides is 2. The Kier molecular flexibility index (Phi) is 6.15. The van der Waals surface area contributed by atoms with Gasteiger partial charge in [0.25, 0.3) is 11.5 Å². The molecule has 190 valence electrons. The van der Waals surface area contributed by atoms with Gasteiger partial charge in [0.1, 0.15) is 34.5 Å². The quantitative estimate of drug-likeness (QED) is 0.403. The summed E-state index contributed by atoms with van der Waals surface area (Å²) >= 11 is 5.93. The van der Waals surface area contributed by atoms with Crippen LogP contribution in [0.25, 0.3) is 22.1 Å². The molecule has 1 aliphatic heterocycles. The number of nitrogens with one attached hydrogen (secondary N) is 1. The Balaban J connectivity index is 1.59. The van der Waals surface area contributed by atoms with Gasteiger partial charge in [0, 0.05) is 17.0 Å². The van der Waals surface area contributed by atoms with Crippen molar-refractivity contribution in [3.8, 4) is 0 Å². The van der Waals surface area contributed by atoms with Crippen molar-refractivity contribution >= 4 is 45.5 Å². The average molecular weight is 523 g/mol. The summed E-state index contributed by atoms with van der Waals surface area (Å²) in [4.78, 5) is 54.4. The maximum atomic E-state index is 14.0. The Labute approximate surface area is 216 Å². The van der Waals surface area contributed by atoms with Gasteiger partial charge in [0.2, 0.25) is 5.91 Å². The maximum Gasteiger partial charge on any atom is 0.265 e. The van der Waals surface area contributed by atoms with Crippen molar-refractivity contribution in [1.82, 2.24) is 29.7 Å². The number of likely N-dealkylation sites (tertiary alicyclic amines) is 1. The number of hydrogen-bond donors (Lipinski definition) is 1. The lowest BCUT2D eigenvalue weighted by atomic mass is 9.99. The second kappa shape index (κ2) is 9.19. The van der Waals surface area contributed by atoms with E-state index in [4.69, 9.17) is 11.6 Å². The van der Waals surface area contributed by atoms with Crippen LogP contribution in [0.4, 0.5) is 4.39 Å². The number of halogens is 2. The first-order chi connectivity index (χ1) is 17.5. The van der Waals surface area contributed by atoms with E-state index in [0.717, 1.165) is 15.8 Å². The highest BCUT2D eigenvalue weighted by atomic mass is 35.5. The summed E-state index contributed by atoms with van der Waals surface area (Å²) in [5.74, 6) is -1.05. The predicted octanol–water partition coefficient (Wildman–Crippen LogP) is 3.11. The van der Waals surface area contributed by atoms with Gasteiger partial charge in [-0.05, 0) is 44.5 Å². The Bertz CT molecular complexity index is 1630. The third-order valence-electron chi connectivity index (χ3n) is 6.46. The minimum atomic E-state index is -1.45. The Hall–Kier alpha value is -3.92. The molecule has 0 spiro atoms. The monoisotopic (exact) mass is 522 g/mol. The van der Waals surface area contributed by atoms with Crippen LogP contribution in [0.2, 0.25) is 5.02 Å². The van der Waals surface area contributed by atoms with Crippen LogP contribution in [0.5, 0.6) is 0 Å². The highest BCUT2D eigenvalue weighted by molar-refractivity contribution is 6.30. The summed E-state index contributed by atoms with van der Waals surface area (Å²) in [6, 6.07) is 8.39. The van der Waals surface area contributed by atoms with Gasteiger partial charge in [-0.25, -0.2) is 19.3 Å². The first-order valence-corrected chi connectivity index (χ1v) is 12.1. The fourth-order valence-corrected chi connectivity index (χ4v) is 4.48. The van der Waals surface area contributed by atoms with E-state index in [1.165, 1.54) is 24.1 Å². The van der Waals surface area contributed by atoms with E-state index >= 15 is 0 Å². The van der Waals surface area contributed by atoms with Crippen LogP contribution in [-0.4, -0.2) is 55.0 Å². The molecule has 11 heteroatoms. The molecule has 0 unspecified atom stereocenters. The number of pyridine rings is 2.